The summed E-state index contributed by atoms with van der Waals surface area (Å²) in [6, 6.07) is 0. The first kappa shape index (κ1) is 13.8. The van der Waals surface area contributed by atoms with Crippen molar-refractivity contribution in [2.45, 2.75) is 34.1 Å². The van der Waals surface area contributed by atoms with Crippen molar-refractivity contribution in [3.05, 3.63) is 0 Å². The van der Waals surface area contributed by atoms with Crippen LogP contribution in [-0.4, -0.2) is 24.6 Å². The summed E-state index contributed by atoms with van der Waals surface area (Å²) in [7, 11) is 1.21. The monoisotopic (exact) mass is 214 g/mol. The maximum atomic E-state index is 11.8. The minimum Gasteiger partial charge on any atom is -0.468 e. The molecule has 0 radical (unpaired) electrons. The Balaban J connectivity index is 4.87. The molecule has 1 unspecified atom stereocenters. The number of ketones is 2. The predicted molar refractivity (Wildman–Crippen MR) is 55.3 cm³/mol. The van der Waals surface area contributed by atoms with Crippen LogP contribution in [0.4, 0.5) is 0 Å². The predicted octanol–water partition coefficient (Wildman–Crippen LogP) is 1.37. The third kappa shape index (κ3) is 4.23. The van der Waals surface area contributed by atoms with Crippen LogP contribution in [0.3, 0.4) is 0 Å². The van der Waals surface area contributed by atoms with Gasteiger partial charge in [-0.1, -0.05) is 20.8 Å². The summed E-state index contributed by atoms with van der Waals surface area (Å²) in [6.07, 6.45) is -0.0806. The lowest BCUT2D eigenvalue weighted by molar-refractivity contribution is -0.153. The number of methoxy groups -OCH3 is 1. The van der Waals surface area contributed by atoms with E-state index in [1.165, 1.54) is 14.0 Å². The van der Waals surface area contributed by atoms with E-state index in [2.05, 4.69) is 4.74 Å². The van der Waals surface area contributed by atoms with Crippen molar-refractivity contribution in [3.8, 4) is 0 Å². The molecule has 1 atom stereocenters. The van der Waals surface area contributed by atoms with Crippen molar-refractivity contribution in [1.29, 1.82) is 0 Å². The highest BCUT2D eigenvalue weighted by atomic mass is 16.5. The van der Waals surface area contributed by atoms with Crippen molar-refractivity contribution in [3.63, 3.8) is 0 Å². The van der Waals surface area contributed by atoms with Crippen LogP contribution in [0, 0.1) is 11.3 Å². The van der Waals surface area contributed by atoms with Crippen LogP contribution in [0.5, 0.6) is 0 Å². The zero-order valence-electron chi connectivity index (χ0n) is 9.92. The molecule has 0 aliphatic rings. The molecule has 0 N–H and O–H groups in total. The molecule has 0 spiro atoms. The van der Waals surface area contributed by atoms with Crippen molar-refractivity contribution >= 4 is 17.5 Å². The molecule has 15 heavy (non-hydrogen) atoms. The van der Waals surface area contributed by atoms with Gasteiger partial charge in [-0.05, 0) is 6.92 Å². The number of Topliss-reactive ketones (excluding diaryl/α,β-unsaturated/α-hetero) is 2. The number of rotatable bonds is 4. The second-order valence-corrected chi connectivity index (χ2v) is 4.60. The van der Waals surface area contributed by atoms with Crippen LogP contribution in [0.25, 0.3) is 0 Å². The van der Waals surface area contributed by atoms with Gasteiger partial charge >= 0.3 is 5.97 Å². The van der Waals surface area contributed by atoms with Crippen molar-refractivity contribution in [1.82, 2.24) is 0 Å². The molecule has 4 nitrogen and oxygen atoms in total. The van der Waals surface area contributed by atoms with Gasteiger partial charge in [0, 0.05) is 11.8 Å². The van der Waals surface area contributed by atoms with Crippen molar-refractivity contribution < 1.29 is 19.1 Å². The summed E-state index contributed by atoms with van der Waals surface area (Å²) in [5, 5.41) is 0. The van der Waals surface area contributed by atoms with Gasteiger partial charge in [-0.15, -0.1) is 0 Å². The Bertz CT molecular complexity index is 273. The molecule has 0 heterocycles. The van der Waals surface area contributed by atoms with Crippen LogP contribution >= 0.6 is 0 Å². The summed E-state index contributed by atoms with van der Waals surface area (Å²) in [5.74, 6) is -2.05. The topological polar surface area (TPSA) is 60.4 Å². The second-order valence-electron chi connectivity index (χ2n) is 4.60. The fourth-order valence-electron chi connectivity index (χ4n) is 1.24. The number of ether oxygens (including phenoxy) is 1. The fraction of sp³-hybridized carbons (Fsp3) is 0.727. The molecule has 0 fully saturated rings. The molecule has 0 saturated heterocycles. The quantitative estimate of drug-likeness (QED) is 0.524. The van der Waals surface area contributed by atoms with E-state index in [0.717, 1.165) is 0 Å². The van der Waals surface area contributed by atoms with Gasteiger partial charge in [0.15, 0.2) is 5.78 Å². The van der Waals surface area contributed by atoms with Crippen molar-refractivity contribution in [2.24, 2.45) is 11.3 Å². The molecule has 4 heteroatoms. The number of carbonyl (C=O) groups is 3. The average Bonchev–Trinajstić information content (AvgIpc) is 2.10. The SMILES string of the molecule is COC(=O)C(CC(C)=O)C(=O)C(C)(C)C. The molecule has 0 amide bonds. The van der Waals surface area contributed by atoms with E-state index >= 15 is 0 Å². The van der Waals surface area contributed by atoms with Crippen LogP contribution in [0.15, 0.2) is 0 Å². The highest BCUT2D eigenvalue weighted by molar-refractivity contribution is 6.04. The number of hydrogen-bond acceptors (Lipinski definition) is 4. The number of esters is 1. The minimum atomic E-state index is -0.965. The molecule has 0 aliphatic heterocycles. The first-order chi connectivity index (χ1) is 6.70. The van der Waals surface area contributed by atoms with Crippen LogP contribution in [-0.2, 0) is 19.1 Å². The van der Waals surface area contributed by atoms with E-state index in [-0.39, 0.29) is 18.0 Å². The van der Waals surface area contributed by atoms with Gasteiger partial charge in [0.1, 0.15) is 11.7 Å². The second kappa shape index (κ2) is 5.05. The molecule has 0 aromatic rings. The average molecular weight is 214 g/mol. The van der Waals surface area contributed by atoms with Gasteiger partial charge < -0.3 is 4.74 Å². The summed E-state index contributed by atoms with van der Waals surface area (Å²) >= 11 is 0. The van der Waals surface area contributed by atoms with Crippen molar-refractivity contribution in [2.75, 3.05) is 7.11 Å². The first-order valence-corrected chi connectivity index (χ1v) is 4.81. The lowest BCUT2D eigenvalue weighted by Gasteiger charge is -2.22. The van der Waals surface area contributed by atoms with Gasteiger partial charge in [-0.2, -0.15) is 0 Å². The lowest BCUT2D eigenvalue weighted by atomic mass is 9.81. The normalized spacial score (nSPS) is 13.1. The van der Waals surface area contributed by atoms with Crippen LogP contribution < -0.4 is 0 Å². The highest BCUT2D eigenvalue weighted by Gasteiger charge is 2.35. The highest BCUT2D eigenvalue weighted by Crippen LogP contribution is 2.23. The molecular weight excluding hydrogens is 196 g/mol. The fourth-order valence-corrected chi connectivity index (χ4v) is 1.24. The smallest absolute Gasteiger partial charge is 0.316 e. The summed E-state index contributed by atoms with van der Waals surface area (Å²) in [4.78, 5) is 34.1. The maximum absolute atomic E-state index is 11.8. The van der Waals surface area contributed by atoms with Gasteiger partial charge in [-0.25, -0.2) is 0 Å². The molecule has 86 valence electrons. The van der Waals surface area contributed by atoms with E-state index in [9.17, 15) is 14.4 Å². The Morgan fingerprint density at radius 3 is 1.93 bits per heavy atom. The third-order valence-electron chi connectivity index (χ3n) is 2.03. The lowest BCUT2D eigenvalue weighted by Crippen LogP contribution is -2.35. The summed E-state index contributed by atoms with van der Waals surface area (Å²) < 4.78 is 4.52. The van der Waals surface area contributed by atoms with E-state index in [4.69, 9.17) is 0 Å². The van der Waals surface area contributed by atoms with Gasteiger partial charge in [0.2, 0.25) is 0 Å². The Kier molecular flexibility index (Phi) is 4.65. The molecule has 0 aliphatic carbocycles. The van der Waals surface area contributed by atoms with Gasteiger partial charge in [-0.3, -0.25) is 14.4 Å². The van der Waals surface area contributed by atoms with E-state index < -0.39 is 17.3 Å². The molecular formula is C11H18O4. The first-order valence-electron chi connectivity index (χ1n) is 4.81. The van der Waals surface area contributed by atoms with Crippen LogP contribution in [0.1, 0.15) is 34.1 Å². The van der Waals surface area contributed by atoms with E-state index in [1.807, 2.05) is 0 Å². The summed E-state index contributed by atoms with van der Waals surface area (Å²) in [5.41, 5.74) is -0.645. The Hall–Kier alpha value is -1.19. The molecule has 0 aromatic heterocycles. The van der Waals surface area contributed by atoms with E-state index in [1.54, 1.807) is 20.8 Å². The Morgan fingerprint density at radius 2 is 1.67 bits per heavy atom. The zero-order chi connectivity index (χ0) is 12.2. The Labute approximate surface area is 90.0 Å². The molecule has 0 rings (SSSR count). The van der Waals surface area contributed by atoms with Gasteiger partial charge in [0.05, 0.1) is 7.11 Å². The summed E-state index contributed by atoms with van der Waals surface area (Å²) in [6.45, 7) is 6.49. The minimum absolute atomic E-state index is 0.0806. The largest absolute Gasteiger partial charge is 0.468 e. The van der Waals surface area contributed by atoms with Gasteiger partial charge in [0.25, 0.3) is 0 Å². The number of hydrogen-bond donors (Lipinski definition) is 0. The maximum Gasteiger partial charge on any atom is 0.316 e. The molecule has 0 saturated carbocycles. The number of carbonyl (C=O) groups excluding carboxylic acids is 3. The molecule has 0 aromatic carbocycles. The zero-order valence-corrected chi connectivity index (χ0v) is 9.92. The standard InChI is InChI=1S/C11H18O4/c1-7(12)6-8(10(14)15-5)9(13)11(2,3)4/h8H,6H2,1-5H3. The Morgan fingerprint density at radius 1 is 1.20 bits per heavy atom. The molecule has 0 bridgehead atoms. The van der Waals surface area contributed by atoms with Crippen LogP contribution in [0.2, 0.25) is 0 Å². The third-order valence-corrected chi connectivity index (χ3v) is 2.03. The van der Waals surface area contributed by atoms with E-state index in [0.29, 0.717) is 0 Å².